The molecule has 1 aromatic heterocycles. The minimum absolute atomic E-state index is 0.504. The zero-order chi connectivity index (χ0) is 11.5. The summed E-state index contributed by atoms with van der Waals surface area (Å²) < 4.78 is 0. The van der Waals surface area contributed by atoms with E-state index in [4.69, 9.17) is 11.6 Å². The molecule has 0 saturated carbocycles. The fourth-order valence-corrected chi connectivity index (χ4v) is 1.71. The molecule has 1 heterocycles. The molecule has 0 bridgehead atoms. The van der Waals surface area contributed by atoms with Gasteiger partial charge in [-0.25, -0.2) is 4.98 Å². The number of nitrogens with zero attached hydrogens (tertiary/aromatic N) is 2. The second-order valence-corrected chi connectivity index (χ2v) is 4.82. The van der Waals surface area contributed by atoms with E-state index < -0.39 is 5.60 Å². The molecule has 0 spiro atoms. The molecule has 0 aliphatic rings. The van der Waals surface area contributed by atoms with E-state index in [-0.39, 0.29) is 0 Å². The maximum Gasteiger partial charge on any atom is 0.129 e. The molecular weight excluding hydrogens is 212 g/mol. The summed E-state index contributed by atoms with van der Waals surface area (Å²) in [5.74, 6) is 0. The normalized spacial score (nSPS) is 12.1. The third-order valence-electron chi connectivity index (χ3n) is 1.86. The van der Waals surface area contributed by atoms with Gasteiger partial charge in [-0.3, -0.25) is 4.90 Å². The van der Waals surface area contributed by atoms with Crippen molar-refractivity contribution in [1.82, 2.24) is 9.88 Å². The zero-order valence-electron chi connectivity index (χ0n) is 9.37. The number of hydrogen-bond acceptors (Lipinski definition) is 3. The molecule has 0 aromatic carbocycles. The lowest BCUT2D eigenvalue weighted by atomic mass is 10.1. The fraction of sp³-hybridized carbons (Fsp3) is 0.545. The minimum atomic E-state index is -0.687. The quantitative estimate of drug-likeness (QED) is 0.801. The summed E-state index contributed by atoms with van der Waals surface area (Å²) in [6.07, 6.45) is 0. The molecule has 0 fully saturated rings. The van der Waals surface area contributed by atoms with Gasteiger partial charge in [0, 0.05) is 13.1 Å². The first-order valence-corrected chi connectivity index (χ1v) is 5.27. The van der Waals surface area contributed by atoms with E-state index in [2.05, 4.69) is 4.98 Å². The summed E-state index contributed by atoms with van der Waals surface area (Å²) in [7, 11) is 1.94. The Balaban J connectivity index is 2.55. The number of halogens is 1. The van der Waals surface area contributed by atoms with E-state index in [1.807, 2.05) is 24.1 Å². The molecule has 0 saturated heterocycles. The van der Waals surface area contributed by atoms with E-state index in [1.165, 1.54) is 0 Å². The highest BCUT2D eigenvalue weighted by Crippen LogP contribution is 2.09. The van der Waals surface area contributed by atoms with Crippen LogP contribution in [0.25, 0.3) is 0 Å². The summed E-state index contributed by atoms with van der Waals surface area (Å²) in [6, 6.07) is 5.55. The topological polar surface area (TPSA) is 36.4 Å². The molecule has 0 atom stereocenters. The Labute approximate surface area is 95.7 Å². The lowest BCUT2D eigenvalue weighted by molar-refractivity contribution is 0.0421. The predicted molar refractivity (Wildman–Crippen MR) is 61.9 cm³/mol. The van der Waals surface area contributed by atoms with Crippen LogP contribution >= 0.6 is 11.6 Å². The summed E-state index contributed by atoms with van der Waals surface area (Å²) in [5.41, 5.74) is 0.224. The second kappa shape index (κ2) is 4.92. The summed E-state index contributed by atoms with van der Waals surface area (Å²) >= 11 is 5.78. The van der Waals surface area contributed by atoms with E-state index >= 15 is 0 Å². The van der Waals surface area contributed by atoms with Gasteiger partial charge in [0.25, 0.3) is 0 Å². The van der Waals surface area contributed by atoms with E-state index in [1.54, 1.807) is 19.9 Å². The standard InChI is InChI=1S/C11H17ClN2O/c1-11(2,15)8-14(3)7-9-5-4-6-10(12)13-9/h4-6,15H,7-8H2,1-3H3. The Morgan fingerprint density at radius 3 is 2.67 bits per heavy atom. The van der Waals surface area contributed by atoms with Crippen LogP contribution in [0.4, 0.5) is 0 Å². The number of likely N-dealkylation sites (N-methyl/N-ethyl adjacent to an activating group) is 1. The highest BCUT2D eigenvalue weighted by Gasteiger charge is 2.15. The number of rotatable bonds is 4. The van der Waals surface area contributed by atoms with Gasteiger partial charge in [0.05, 0.1) is 11.3 Å². The first-order valence-electron chi connectivity index (χ1n) is 4.89. The molecule has 1 N–H and O–H groups in total. The van der Waals surface area contributed by atoms with Crippen LogP contribution in [0.15, 0.2) is 18.2 Å². The van der Waals surface area contributed by atoms with E-state index in [0.717, 1.165) is 5.69 Å². The summed E-state index contributed by atoms with van der Waals surface area (Å²) in [5, 5.41) is 10.1. The van der Waals surface area contributed by atoms with Crippen LogP contribution in [0, 0.1) is 0 Å². The molecule has 4 heteroatoms. The number of aromatic nitrogens is 1. The monoisotopic (exact) mass is 228 g/mol. The van der Waals surface area contributed by atoms with Crippen molar-refractivity contribution in [2.24, 2.45) is 0 Å². The molecule has 0 aliphatic carbocycles. The molecule has 0 unspecified atom stereocenters. The lowest BCUT2D eigenvalue weighted by Crippen LogP contribution is -2.35. The van der Waals surface area contributed by atoms with Gasteiger partial charge in [0.15, 0.2) is 0 Å². The second-order valence-electron chi connectivity index (χ2n) is 4.44. The van der Waals surface area contributed by atoms with Gasteiger partial charge in [-0.15, -0.1) is 0 Å². The van der Waals surface area contributed by atoms with Gasteiger partial charge < -0.3 is 5.11 Å². The maximum absolute atomic E-state index is 9.63. The van der Waals surface area contributed by atoms with Crippen molar-refractivity contribution < 1.29 is 5.11 Å². The molecule has 0 amide bonds. The van der Waals surface area contributed by atoms with Crippen LogP contribution in [0.2, 0.25) is 5.15 Å². The third-order valence-corrected chi connectivity index (χ3v) is 2.07. The molecule has 84 valence electrons. The highest BCUT2D eigenvalue weighted by atomic mass is 35.5. The average molecular weight is 229 g/mol. The smallest absolute Gasteiger partial charge is 0.129 e. The van der Waals surface area contributed by atoms with Crippen molar-refractivity contribution in [2.75, 3.05) is 13.6 Å². The van der Waals surface area contributed by atoms with Crippen molar-refractivity contribution in [1.29, 1.82) is 0 Å². The van der Waals surface area contributed by atoms with Crippen LogP contribution in [0.3, 0.4) is 0 Å². The number of aliphatic hydroxyl groups is 1. The van der Waals surface area contributed by atoms with Gasteiger partial charge in [0.1, 0.15) is 5.15 Å². The van der Waals surface area contributed by atoms with Crippen LogP contribution < -0.4 is 0 Å². The van der Waals surface area contributed by atoms with Crippen molar-refractivity contribution in [3.63, 3.8) is 0 Å². The molecular formula is C11H17ClN2O. The van der Waals surface area contributed by atoms with Gasteiger partial charge in [-0.1, -0.05) is 17.7 Å². The Morgan fingerprint density at radius 1 is 1.47 bits per heavy atom. The molecule has 1 aromatic rings. The van der Waals surface area contributed by atoms with Gasteiger partial charge in [0.2, 0.25) is 0 Å². The Kier molecular flexibility index (Phi) is 4.08. The van der Waals surface area contributed by atoms with Gasteiger partial charge in [-0.2, -0.15) is 0 Å². The largest absolute Gasteiger partial charge is 0.389 e. The first kappa shape index (κ1) is 12.4. The Hall–Kier alpha value is -0.640. The minimum Gasteiger partial charge on any atom is -0.389 e. The van der Waals surface area contributed by atoms with Crippen LogP contribution in [0.5, 0.6) is 0 Å². The van der Waals surface area contributed by atoms with Crippen molar-refractivity contribution in [3.8, 4) is 0 Å². The van der Waals surface area contributed by atoms with Crippen LogP contribution in [-0.4, -0.2) is 34.2 Å². The molecule has 3 nitrogen and oxygen atoms in total. The first-order chi connectivity index (χ1) is 6.87. The van der Waals surface area contributed by atoms with Crippen molar-refractivity contribution >= 4 is 11.6 Å². The third kappa shape index (κ3) is 5.11. The Bertz CT molecular complexity index is 323. The molecule has 0 aliphatic heterocycles. The lowest BCUT2D eigenvalue weighted by Gasteiger charge is -2.25. The zero-order valence-corrected chi connectivity index (χ0v) is 10.1. The Morgan fingerprint density at radius 2 is 2.13 bits per heavy atom. The molecule has 1 rings (SSSR count). The maximum atomic E-state index is 9.63. The summed E-state index contributed by atoms with van der Waals surface area (Å²) in [4.78, 5) is 6.20. The number of pyridine rings is 1. The van der Waals surface area contributed by atoms with Crippen molar-refractivity contribution in [2.45, 2.75) is 26.0 Å². The predicted octanol–water partition coefficient (Wildman–Crippen LogP) is 1.94. The van der Waals surface area contributed by atoms with Gasteiger partial charge >= 0.3 is 0 Å². The highest BCUT2D eigenvalue weighted by molar-refractivity contribution is 6.29. The number of hydrogen-bond donors (Lipinski definition) is 1. The molecule has 0 radical (unpaired) electrons. The SMILES string of the molecule is CN(Cc1cccc(Cl)n1)CC(C)(C)O. The van der Waals surface area contributed by atoms with E-state index in [0.29, 0.717) is 18.2 Å². The fourth-order valence-electron chi connectivity index (χ4n) is 1.53. The summed E-state index contributed by atoms with van der Waals surface area (Å²) in [6.45, 7) is 4.86. The van der Waals surface area contributed by atoms with Crippen LogP contribution in [-0.2, 0) is 6.54 Å². The van der Waals surface area contributed by atoms with Crippen molar-refractivity contribution in [3.05, 3.63) is 29.0 Å². The van der Waals surface area contributed by atoms with Crippen LogP contribution in [0.1, 0.15) is 19.5 Å². The molecule has 15 heavy (non-hydrogen) atoms. The van der Waals surface area contributed by atoms with Gasteiger partial charge in [-0.05, 0) is 33.0 Å². The average Bonchev–Trinajstić information content (AvgIpc) is 1.99. The van der Waals surface area contributed by atoms with E-state index in [9.17, 15) is 5.11 Å².